The van der Waals surface area contributed by atoms with Crippen LogP contribution in [-0.2, 0) is 24.4 Å². The first-order chi connectivity index (χ1) is 8.79. The van der Waals surface area contributed by atoms with Crippen molar-refractivity contribution in [2.45, 2.75) is 19.6 Å². The molecule has 94 valence electrons. The van der Waals surface area contributed by atoms with Gasteiger partial charge in [0.15, 0.2) is 0 Å². The van der Waals surface area contributed by atoms with Gasteiger partial charge in [-0.15, -0.1) is 5.10 Å². The van der Waals surface area contributed by atoms with E-state index in [1.807, 2.05) is 24.3 Å². The lowest BCUT2D eigenvalue weighted by Gasteiger charge is -2.09. The molecule has 3 N–H and O–H groups in total. The summed E-state index contributed by atoms with van der Waals surface area (Å²) < 4.78 is 1.48. The highest BCUT2D eigenvalue weighted by Crippen LogP contribution is 2.07. The van der Waals surface area contributed by atoms with Gasteiger partial charge in [0.05, 0.1) is 6.20 Å². The van der Waals surface area contributed by atoms with Gasteiger partial charge >= 0.3 is 0 Å². The number of hydrogen-bond acceptors (Lipinski definition) is 4. The van der Waals surface area contributed by atoms with Crippen LogP contribution < -0.4 is 11.1 Å². The Labute approximate surface area is 105 Å². The van der Waals surface area contributed by atoms with Crippen LogP contribution in [0, 0.1) is 0 Å². The molecule has 0 unspecified atom stereocenters. The second-order valence-electron chi connectivity index (χ2n) is 3.85. The summed E-state index contributed by atoms with van der Waals surface area (Å²) in [6.45, 7) is 1.11. The summed E-state index contributed by atoms with van der Waals surface area (Å²) in [5.74, 6) is -0.104. The molecule has 1 aromatic heterocycles. The predicted octanol–water partition coefficient (Wildman–Crippen LogP) is 0.0532. The quantitative estimate of drug-likeness (QED) is 0.779. The van der Waals surface area contributed by atoms with Crippen molar-refractivity contribution < 1.29 is 4.79 Å². The van der Waals surface area contributed by atoms with Gasteiger partial charge in [0, 0.05) is 19.3 Å². The average Bonchev–Trinajstić information content (AvgIpc) is 2.89. The molecule has 1 heterocycles. The molecule has 0 saturated heterocycles. The highest BCUT2D eigenvalue weighted by Gasteiger charge is 2.05. The van der Waals surface area contributed by atoms with E-state index in [0.717, 1.165) is 11.1 Å². The molecule has 6 nitrogen and oxygen atoms in total. The second kappa shape index (κ2) is 5.92. The molecule has 0 aliphatic rings. The van der Waals surface area contributed by atoms with Crippen LogP contribution in [0.15, 0.2) is 36.7 Å². The number of carbonyl (C=O) groups is 1. The number of nitrogens with zero attached hydrogens (tertiary/aromatic N) is 3. The Morgan fingerprint density at radius 2 is 2.11 bits per heavy atom. The van der Waals surface area contributed by atoms with Gasteiger partial charge in [-0.25, -0.2) is 4.68 Å². The fourth-order valence-corrected chi connectivity index (χ4v) is 1.64. The number of nitrogens with one attached hydrogen (secondary N) is 1. The molecule has 2 aromatic rings. The SMILES string of the molecule is NCc1ccccc1CNC(=O)Cn1ccnn1. The van der Waals surface area contributed by atoms with Crippen LogP contribution in [0.25, 0.3) is 0 Å². The number of nitrogens with two attached hydrogens (primary N) is 1. The number of amides is 1. The number of rotatable bonds is 5. The monoisotopic (exact) mass is 245 g/mol. The van der Waals surface area contributed by atoms with Crippen molar-refractivity contribution in [3.63, 3.8) is 0 Å². The molecular weight excluding hydrogens is 230 g/mol. The molecule has 0 saturated carbocycles. The zero-order valence-corrected chi connectivity index (χ0v) is 9.91. The Kier molecular flexibility index (Phi) is 4.03. The predicted molar refractivity (Wildman–Crippen MR) is 66.2 cm³/mol. The van der Waals surface area contributed by atoms with Gasteiger partial charge in [-0.2, -0.15) is 0 Å². The molecule has 0 aliphatic heterocycles. The Morgan fingerprint density at radius 1 is 1.33 bits per heavy atom. The van der Waals surface area contributed by atoms with Crippen molar-refractivity contribution in [1.29, 1.82) is 0 Å². The number of benzene rings is 1. The lowest BCUT2D eigenvalue weighted by molar-refractivity contribution is -0.122. The van der Waals surface area contributed by atoms with Crippen LogP contribution in [0.5, 0.6) is 0 Å². The van der Waals surface area contributed by atoms with Crippen molar-refractivity contribution in [1.82, 2.24) is 20.3 Å². The highest BCUT2D eigenvalue weighted by molar-refractivity contribution is 5.75. The number of hydrogen-bond donors (Lipinski definition) is 2. The molecule has 0 aliphatic carbocycles. The third kappa shape index (κ3) is 3.14. The van der Waals surface area contributed by atoms with Crippen LogP contribution in [0.3, 0.4) is 0 Å². The summed E-state index contributed by atoms with van der Waals surface area (Å²) in [5, 5.41) is 10.2. The molecule has 1 aromatic carbocycles. The third-order valence-corrected chi connectivity index (χ3v) is 2.59. The normalized spacial score (nSPS) is 10.3. The van der Waals surface area contributed by atoms with Crippen LogP contribution in [0.4, 0.5) is 0 Å². The van der Waals surface area contributed by atoms with E-state index in [4.69, 9.17) is 5.73 Å². The maximum atomic E-state index is 11.7. The molecule has 6 heteroatoms. The molecular formula is C12H15N5O. The maximum Gasteiger partial charge on any atom is 0.242 e. The number of aromatic nitrogens is 3. The lowest BCUT2D eigenvalue weighted by Crippen LogP contribution is -2.27. The minimum atomic E-state index is -0.104. The van der Waals surface area contributed by atoms with E-state index >= 15 is 0 Å². The summed E-state index contributed by atoms with van der Waals surface area (Å²) in [6.07, 6.45) is 3.18. The zero-order chi connectivity index (χ0) is 12.8. The summed E-state index contributed by atoms with van der Waals surface area (Å²) in [7, 11) is 0. The van der Waals surface area contributed by atoms with E-state index in [-0.39, 0.29) is 12.5 Å². The molecule has 0 radical (unpaired) electrons. The first-order valence-corrected chi connectivity index (χ1v) is 5.67. The Morgan fingerprint density at radius 3 is 2.78 bits per heavy atom. The van der Waals surface area contributed by atoms with Crippen LogP contribution >= 0.6 is 0 Å². The van der Waals surface area contributed by atoms with Gasteiger partial charge in [0.1, 0.15) is 6.54 Å². The fourth-order valence-electron chi connectivity index (χ4n) is 1.64. The molecule has 0 spiro atoms. The summed E-state index contributed by atoms with van der Waals surface area (Å²) >= 11 is 0. The van der Waals surface area contributed by atoms with E-state index in [1.165, 1.54) is 10.9 Å². The van der Waals surface area contributed by atoms with Gasteiger partial charge < -0.3 is 11.1 Å². The maximum absolute atomic E-state index is 11.7. The van der Waals surface area contributed by atoms with Gasteiger partial charge in [-0.1, -0.05) is 29.5 Å². The van der Waals surface area contributed by atoms with Gasteiger partial charge in [-0.3, -0.25) is 4.79 Å². The van der Waals surface area contributed by atoms with Crippen molar-refractivity contribution >= 4 is 5.91 Å². The van der Waals surface area contributed by atoms with E-state index in [0.29, 0.717) is 13.1 Å². The van der Waals surface area contributed by atoms with Crippen LogP contribution in [-0.4, -0.2) is 20.9 Å². The molecule has 18 heavy (non-hydrogen) atoms. The van der Waals surface area contributed by atoms with Crippen molar-refractivity contribution in [2.24, 2.45) is 5.73 Å². The molecule has 1 amide bonds. The smallest absolute Gasteiger partial charge is 0.242 e. The largest absolute Gasteiger partial charge is 0.350 e. The number of carbonyl (C=O) groups excluding carboxylic acids is 1. The second-order valence-corrected chi connectivity index (χ2v) is 3.85. The van der Waals surface area contributed by atoms with Crippen LogP contribution in [0.1, 0.15) is 11.1 Å². The summed E-state index contributed by atoms with van der Waals surface area (Å²) in [4.78, 5) is 11.7. The Balaban J connectivity index is 1.89. The Bertz CT molecular complexity index is 509. The standard InChI is InChI=1S/C12H15N5O/c13-7-10-3-1-2-4-11(10)8-14-12(18)9-17-6-5-15-16-17/h1-6H,7-9,13H2,(H,14,18). The third-order valence-electron chi connectivity index (χ3n) is 2.59. The summed E-state index contributed by atoms with van der Waals surface area (Å²) in [5.41, 5.74) is 7.71. The Hall–Kier alpha value is -2.21. The minimum absolute atomic E-state index is 0.104. The molecule has 0 fully saturated rings. The average molecular weight is 245 g/mol. The van der Waals surface area contributed by atoms with Gasteiger partial charge in [0.25, 0.3) is 0 Å². The summed E-state index contributed by atoms with van der Waals surface area (Å²) in [6, 6.07) is 7.78. The first-order valence-electron chi connectivity index (χ1n) is 5.67. The van der Waals surface area contributed by atoms with E-state index < -0.39 is 0 Å². The van der Waals surface area contributed by atoms with Crippen molar-refractivity contribution in [2.75, 3.05) is 0 Å². The lowest BCUT2D eigenvalue weighted by atomic mass is 10.1. The van der Waals surface area contributed by atoms with Gasteiger partial charge in [0.2, 0.25) is 5.91 Å². The molecule has 2 rings (SSSR count). The van der Waals surface area contributed by atoms with Gasteiger partial charge in [-0.05, 0) is 11.1 Å². The van der Waals surface area contributed by atoms with E-state index in [9.17, 15) is 4.79 Å². The highest BCUT2D eigenvalue weighted by atomic mass is 16.2. The fraction of sp³-hybridized carbons (Fsp3) is 0.250. The molecule has 0 atom stereocenters. The van der Waals surface area contributed by atoms with Crippen molar-refractivity contribution in [3.05, 3.63) is 47.8 Å². The minimum Gasteiger partial charge on any atom is -0.350 e. The first kappa shape index (κ1) is 12.3. The molecule has 0 bridgehead atoms. The van der Waals surface area contributed by atoms with E-state index in [1.54, 1.807) is 6.20 Å². The topological polar surface area (TPSA) is 85.8 Å². The zero-order valence-electron chi connectivity index (χ0n) is 9.91. The van der Waals surface area contributed by atoms with E-state index in [2.05, 4.69) is 15.6 Å². The van der Waals surface area contributed by atoms with Crippen LogP contribution in [0.2, 0.25) is 0 Å². The van der Waals surface area contributed by atoms with Crippen molar-refractivity contribution in [3.8, 4) is 0 Å².